The van der Waals surface area contributed by atoms with Gasteiger partial charge in [0.2, 0.25) is 0 Å². The SMILES string of the molecule is COc1ccccc1C(=O)N[C@H](C(=O)NNC(=S)Nc1ccc(F)cc1)C(C)C. The first kappa shape index (κ1) is 22.1. The average Bonchev–Trinajstić information content (AvgIpc) is 2.71. The summed E-state index contributed by atoms with van der Waals surface area (Å²) < 4.78 is 18.1. The average molecular weight is 418 g/mol. The number of rotatable bonds is 6. The van der Waals surface area contributed by atoms with Gasteiger partial charge < -0.3 is 15.4 Å². The number of carbonyl (C=O) groups excluding carboxylic acids is 2. The number of anilines is 1. The number of hydrogen-bond acceptors (Lipinski definition) is 4. The van der Waals surface area contributed by atoms with E-state index in [9.17, 15) is 14.0 Å². The Morgan fingerprint density at radius 2 is 1.69 bits per heavy atom. The van der Waals surface area contributed by atoms with Gasteiger partial charge in [-0.15, -0.1) is 0 Å². The Morgan fingerprint density at radius 3 is 2.31 bits per heavy atom. The van der Waals surface area contributed by atoms with Crippen LogP contribution < -0.4 is 26.2 Å². The summed E-state index contributed by atoms with van der Waals surface area (Å²) in [6.07, 6.45) is 0. The summed E-state index contributed by atoms with van der Waals surface area (Å²) in [4.78, 5) is 25.1. The molecule has 0 aliphatic carbocycles. The van der Waals surface area contributed by atoms with Crippen LogP contribution in [0.5, 0.6) is 5.75 Å². The molecule has 0 heterocycles. The predicted molar refractivity (Wildman–Crippen MR) is 113 cm³/mol. The van der Waals surface area contributed by atoms with E-state index in [-0.39, 0.29) is 16.8 Å². The Labute approximate surface area is 174 Å². The van der Waals surface area contributed by atoms with Crippen LogP contribution in [0.2, 0.25) is 0 Å². The number of halogens is 1. The molecule has 2 aromatic carbocycles. The minimum Gasteiger partial charge on any atom is -0.496 e. The van der Waals surface area contributed by atoms with Gasteiger partial charge in [-0.3, -0.25) is 20.4 Å². The van der Waals surface area contributed by atoms with E-state index in [0.717, 1.165) is 0 Å². The van der Waals surface area contributed by atoms with Crippen molar-refractivity contribution in [2.45, 2.75) is 19.9 Å². The van der Waals surface area contributed by atoms with Crippen LogP contribution in [0.3, 0.4) is 0 Å². The third kappa shape index (κ3) is 6.42. The third-order valence-corrected chi connectivity index (χ3v) is 4.19. The highest BCUT2D eigenvalue weighted by Gasteiger charge is 2.26. The molecule has 0 saturated carbocycles. The van der Waals surface area contributed by atoms with Crippen LogP contribution in [0, 0.1) is 11.7 Å². The lowest BCUT2D eigenvalue weighted by molar-refractivity contribution is -0.124. The van der Waals surface area contributed by atoms with Crippen LogP contribution in [-0.4, -0.2) is 30.1 Å². The van der Waals surface area contributed by atoms with Crippen molar-refractivity contribution in [1.29, 1.82) is 0 Å². The molecule has 1 atom stereocenters. The van der Waals surface area contributed by atoms with Crippen molar-refractivity contribution in [3.8, 4) is 5.75 Å². The minimum atomic E-state index is -0.812. The molecule has 0 spiro atoms. The maximum absolute atomic E-state index is 12.9. The summed E-state index contributed by atoms with van der Waals surface area (Å²) >= 11 is 5.10. The lowest BCUT2D eigenvalue weighted by Gasteiger charge is -2.22. The normalized spacial score (nSPS) is 11.3. The molecule has 29 heavy (non-hydrogen) atoms. The standard InChI is InChI=1S/C20H23FN4O3S/c1-12(2)17(23-18(26)15-6-4-5-7-16(15)28-3)19(27)24-25-20(29)22-14-10-8-13(21)9-11-14/h4-12,17H,1-3H3,(H,23,26)(H,24,27)(H2,22,25,29)/t17-/m0/s1. The number of amides is 2. The molecule has 0 unspecified atom stereocenters. The van der Waals surface area contributed by atoms with E-state index >= 15 is 0 Å². The Kier molecular flexibility index (Phi) is 7.90. The fraction of sp³-hybridized carbons (Fsp3) is 0.250. The zero-order chi connectivity index (χ0) is 21.4. The Bertz CT molecular complexity index is 874. The van der Waals surface area contributed by atoms with Gasteiger partial charge in [0.1, 0.15) is 17.6 Å². The number of ether oxygens (including phenoxy) is 1. The van der Waals surface area contributed by atoms with Gasteiger partial charge in [-0.05, 0) is 54.5 Å². The molecular weight excluding hydrogens is 395 g/mol. The summed E-state index contributed by atoms with van der Waals surface area (Å²) in [5.41, 5.74) is 5.92. The second-order valence-corrected chi connectivity index (χ2v) is 6.88. The van der Waals surface area contributed by atoms with E-state index < -0.39 is 17.9 Å². The fourth-order valence-electron chi connectivity index (χ4n) is 2.48. The Morgan fingerprint density at radius 1 is 1.03 bits per heavy atom. The zero-order valence-corrected chi connectivity index (χ0v) is 17.1. The number of methoxy groups -OCH3 is 1. The number of para-hydroxylation sites is 1. The number of hydrazine groups is 1. The molecule has 0 radical (unpaired) electrons. The largest absolute Gasteiger partial charge is 0.496 e. The lowest BCUT2D eigenvalue weighted by Crippen LogP contribution is -2.55. The van der Waals surface area contributed by atoms with Gasteiger partial charge in [-0.2, -0.15) is 0 Å². The number of benzene rings is 2. The van der Waals surface area contributed by atoms with Crippen LogP contribution in [0.1, 0.15) is 24.2 Å². The molecule has 0 saturated heterocycles. The highest BCUT2D eigenvalue weighted by molar-refractivity contribution is 7.80. The van der Waals surface area contributed by atoms with E-state index in [1.165, 1.54) is 31.4 Å². The minimum absolute atomic E-state index is 0.114. The molecule has 154 valence electrons. The second kappa shape index (κ2) is 10.4. The molecule has 0 aliphatic heterocycles. The summed E-state index contributed by atoms with van der Waals surface area (Å²) in [5.74, 6) is -1.03. The topological polar surface area (TPSA) is 91.5 Å². The molecule has 4 N–H and O–H groups in total. The maximum atomic E-state index is 12.9. The third-order valence-electron chi connectivity index (χ3n) is 3.99. The van der Waals surface area contributed by atoms with Crippen LogP contribution in [0.25, 0.3) is 0 Å². The van der Waals surface area contributed by atoms with Crippen molar-refractivity contribution >= 4 is 34.8 Å². The molecule has 2 amide bonds. The first-order chi connectivity index (χ1) is 13.8. The van der Waals surface area contributed by atoms with E-state index in [0.29, 0.717) is 17.0 Å². The number of hydrogen-bond donors (Lipinski definition) is 4. The van der Waals surface area contributed by atoms with Crippen LogP contribution in [0.4, 0.5) is 10.1 Å². The lowest BCUT2D eigenvalue weighted by atomic mass is 10.0. The van der Waals surface area contributed by atoms with E-state index in [1.807, 2.05) is 13.8 Å². The van der Waals surface area contributed by atoms with E-state index in [4.69, 9.17) is 17.0 Å². The van der Waals surface area contributed by atoms with Gasteiger partial charge in [0, 0.05) is 5.69 Å². The van der Waals surface area contributed by atoms with Crippen LogP contribution in [0.15, 0.2) is 48.5 Å². The molecule has 0 bridgehead atoms. The molecule has 0 aliphatic rings. The first-order valence-electron chi connectivity index (χ1n) is 8.88. The molecule has 2 aromatic rings. The first-order valence-corrected chi connectivity index (χ1v) is 9.29. The maximum Gasteiger partial charge on any atom is 0.261 e. The number of thiocarbonyl (C=S) groups is 1. The highest BCUT2D eigenvalue weighted by atomic mass is 32.1. The van der Waals surface area contributed by atoms with Crippen LogP contribution in [-0.2, 0) is 4.79 Å². The Hall–Kier alpha value is -3.20. The smallest absolute Gasteiger partial charge is 0.261 e. The number of nitrogens with one attached hydrogen (secondary N) is 4. The van der Waals surface area contributed by atoms with Crippen molar-refractivity contribution in [3.05, 3.63) is 59.9 Å². The predicted octanol–water partition coefficient (Wildman–Crippen LogP) is 2.61. The molecule has 0 aromatic heterocycles. The van der Waals surface area contributed by atoms with Crippen molar-refractivity contribution in [2.24, 2.45) is 5.92 Å². The van der Waals surface area contributed by atoms with E-state index in [1.54, 1.807) is 24.3 Å². The van der Waals surface area contributed by atoms with Crippen molar-refractivity contribution in [1.82, 2.24) is 16.2 Å². The number of carbonyl (C=O) groups is 2. The fourth-order valence-corrected chi connectivity index (χ4v) is 2.65. The highest BCUT2D eigenvalue weighted by Crippen LogP contribution is 2.17. The monoisotopic (exact) mass is 418 g/mol. The molecule has 9 heteroatoms. The van der Waals surface area contributed by atoms with Crippen molar-refractivity contribution in [2.75, 3.05) is 12.4 Å². The van der Waals surface area contributed by atoms with Gasteiger partial charge in [-0.25, -0.2) is 4.39 Å². The van der Waals surface area contributed by atoms with Crippen molar-refractivity contribution in [3.63, 3.8) is 0 Å². The molecule has 0 fully saturated rings. The van der Waals surface area contributed by atoms with Gasteiger partial charge in [0.15, 0.2) is 5.11 Å². The molecule has 7 nitrogen and oxygen atoms in total. The molecular formula is C20H23FN4O3S. The quantitative estimate of drug-likeness (QED) is 0.426. The van der Waals surface area contributed by atoms with Crippen molar-refractivity contribution < 1.29 is 18.7 Å². The Balaban J connectivity index is 1.95. The second-order valence-electron chi connectivity index (χ2n) is 6.47. The van der Waals surface area contributed by atoms with Gasteiger partial charge in [0.05, 0.1) is 12.7 Å². The van der Waals surface area contributed by atoms with Crippen LogP contribution >= 0.6 is 12.2 Å². The summed E-state index contributed by atoms with van der Waals surface area (Å²) in [6.45, 7) is 3.61. The van der Waals surface area contributed by atoms with Gasteiger partial charge in [-0.1, -0.05) is 26.0 Å². The van der Waals surface area contributed by atoms with E-state index in [2.05, 4.69) is 21.5 Å². The zero-order valence-electron chi connectivity index (χ0n) is 16.3. The molecule has 2 rings (SSSR count). The summed E-state index contributed by atoms with van der Waals surface area (Å²) in [6, 6.07) is 11.5. The van der Waals surface area contributed by atoms with Gasteiger partial charge in [0.25, 0.3) is 11.8 Å². The van der Waals surface area contributed by atoms with Gasteiger partial charge >= 0.3 is 0 Å². The summed E-state index contributed by atoms with van der Waals surface area (Å²) in [5, 5.41) is 5.63. The summed E-state index contributed by atoms with van der Waals surface area (Å²) in [7, 11) is 1.47.